The molecule has 1 fully saturated rings. The van der Waals surface area contributed by atoms with Crippen molar-refractivity contribution in [3.63, 3.8) is 0 Å². The average Bonchev–Trinajstić information content (AvgIpc) is 2.25. The second-order valence-electron chi connectivity index (χ2n) is 4.48. The second-order valence-corrected chi connectivity index (χ2v) is 4.48. The molecule has 0 bridgehead atoms. The summed E-state index contributed by atoms with van der Waals surface area (Å²) >= 11 is 0. The van der Waals surface area contributed by atoms with Crippen LogP contribution >= 0.6 is 0 Å². The first kappa shape index (κ1) is 11.2. The first-order chi connectivity index (χ1) is 7.71. The van der Waals surface area contributed by atoms with E-state index in [1.165, 1.54) is 6.42 Å². The fourth-order valence-electron chi connectivity index (χ4n) is 2.20. The van der Waals surface area contributed by atoms with E-state index in [2.05, 4.69) is 17.2 Å². The number of hydrogen-bond donors (Lipinski definition) is 1. The molecule has 0 radical (unpaired) electrons. The Labute approximate surface area is 95.7 Å². The van der Waals surface area contributed by atoms with E-state index < -0.39 is 0 Å². The van der Waals surface area contributed by atoms with E-state index in [4.69, 9.17) is 0 Å². The van der Waals surface area contributed by atoms with Gasteiger partial charge in [0.25, 0.3) is 5.56 Å². The smallest absolute Gasteiger partial charge is 0.293 e. The molecule has 1 aliphatic carbocycles. The molecule has 0 unspecified atom stereocenters. The Kier molecular flexibility index (Phi) is 2.99. The Morgan fingerprint density at radius 3 is 2.75 bits per heavy atom. The topological polar surface area (TPSA) is 46.9 Å². The van der Waals surface area contributed by atoms with Gasteiger partial charge in [-0.15, -0.1) is 0 Å². The Hall–Kier alpha value is -1.32. The molecule has 0 amide bonds. The van der Waals surface area contributed by atoms with Gasteiger partial charge in [-0.25, -0.2) is 4.98 Å². The van der Waals surface area contributed by atoms with Gasteiger partial charge in [-0.2, -0.15) is 0 Å². The SMILES string of the molecule is CCn1ccnc(NC2(CC)CCC2)c1=O. The number of nitrogens with one attached hydrogen (secondary N) is 1. The van der Waals surface area contributed by atoms with Gasteiger partial charge in [0.15, 0.2) is 5.82 Å². The van der Waals surface area contributed by atoms with Gasteiger partial charge >= 0.3 is 0 Å². The minimum absolute atomic E-state index is 0.00951. The highest BCUT2D eigenvalue weighted by atomic mass is 16.1. The van der Waals surface area contributed by atoms with Crippen LogP contribution in [0.4, 0.5) is 5.82 Å². The minimum atomic E-state index is -0.00951. The van der Waals surface area contributed by atoms with E-state index >= 15 is 0 Å². The maximum atomic E-state index is 12.0. The van der Waals surface area contributed by atoms with Crippen LogP contribution in [0.15, 0.2) is 17.2 Å². The molecule has 16 heavy (non-hydrogen) atoms. The number of aryl methyl sites for hydroxylation is 1. The van der Waals surface area contributed by atoms with Crippen molar-refractivity contribution in [3.05, 3.63) is 22.7 Å². The lowest BCUT2D eigenvalue weighted by Crippen LogP contribution is -2.46. The summed E-state index contributed by atoms with van der Waals surface area (Å²) in [4.78, 5) is 16.1. The molecular formula is C12H19N3O. The number of rotatable bonds is 4. The maximum absolute atomic E-state index is 12.0. The Bertz CT molecular complexity index is 415. The van der Waals surface area contributed by atoms with E-state index in [1.54, 1.807) is 17.0 Å². The summed E-state index contributed by atoms with van der Waals surface area (Å²) in [6.07, 6.45) is 8.00. The monoisotopic (exact) mass is 221 g/mol. The number of anilines is 1. The van der Waals surface area contributed by atoms with Crippen molar-refractivity contribution >= 4 is 5.82 Å². The summed E-state index contributed by atoms with van der Waals surface area (Å²) < 4.78 is 1.68. The Morgan fingerprint density at radius 1 is 1.50 bits per heavy atom. The van der Waals surface area contributed by atoms with Crippen LogP contribution in [-0.2, 0) is 6.54 Å². The zero-order valence-corrected chi connectivity index (χ0v) is 9.99. The molecular weight excluding hydrogens is 202 g/mol. The van der Waals surface area contributed by atoms with Crippen molar-refractivity contribution in [1.82, 2.24) is 9.55 Å². The third-order valence-corrected chi connectivity index (χ3v) is 3.63. The van der Waals surface area contributed by atoms with Crippen molar-refractivity contribution in [3.8, 4) is 0 Å². The highest BCUT2D eigenvalue weighted by Gasteiger charge is 2.35. The third kappa shape index (κ3) is 1.84. The summed E-state index contributed by atoms with van der Waals surface area (Å²) in [5, 5.41) is 3.34. The van der Waals surface area contributed by atoms with Crippen LogP contribution < -0.4 is 10.9 Å². The largest absolute Gasteiger partial charge is 0.360 e. The van der Waals surface area contributed by atoms with Crippen LogP contribution in [0.1, 0.15) is 39.5 Å². The lowest BCUT2D eigenvalue weighted by Gasteiger charge is -2.42. The molecule has 0 spiro atoms. The van der Waals surface area contributed by atoms with Gasteiger partial charge in [-0.3, -0.25) is 4.79 Å². The molecule has 1 saturated carbocycles. The molecule has 1 aromatic rings. The highest BCUT2D eigenvalue weighted by Crippen LogP contribution is 2.36. The molecule has 2 rings (SSSR count). The van der Waals surface area contributed by atoms with Crippen LogP contribution in [0.5, 0.6) is 0 Å². The molecule has 1 heterocycles. The molecule has 4 nitrogen and oxygen atoms in total. The lowest BCUT2D eigenvalue weighted by molar-refractivity contribution is 0.268. The van der Waals surface area contributed by atoms with Gasteiger partial charge < -0.3 is 9.88 Å². The van der Waals surface area contributed by atoms with Crippen LogP contribution in [-0.4, -0.2) is 15.1 Å². The van der Waals surface area contributed by atoms with Gasteiger partial charge in [0.05, 0.1) is 0 Å². The average molecular weight is 221 g/mol. The highest BCUT2D eigenvalue weighted by molar-refractivity contribution is 5.36. The Balaban J connectivity index is 2.24. The van der Waals surface area contributed by atoms with E-state index in [0.717, 1.165) is 19.3 Å². The van der Waals surface area contributed by atoms with E-state index in [-0.39, 0.29) is 11.1 Å². The predicted molar refractivity (Wildman–Crippen MR) is 64.7 cm³/mol. The van der Waals surface area contributed by atoms with Crippen molar-refractivity contribution in [1.29, 1.82) is 0 Å². The summed E-state index contributed by atoms with van der Waals surface area (Å²) in [5.41, 5.74) is 0.115. The zero-order chi connectivity index (χ0) is 11.6. The quantitative estimate of drug-likeness (QED) is 0.846. The zero-order valence-electron chi connectivity index (χ0n) is 9.99. The first-order valence-electron chi connectivity index (χ1n) is 6.04. The molecule has 1 aromatic heterocycles. The van der Waals surface area contributed by atoms with E-state index in [1.807, 2.05) is 6.92 Å². The van der Waals surface area contributed by atoms with Crippen molar-refractivity contribution < 1.29 is 0 Å². The van der Waals surface area contributed by atoms with Crippen LogP contribution in [0, 0.1) is 0 Å². The lowest BCUT2D eigenvalue weighted by atomic mass is 9.75. The molecule has 0 aromatic carbocycles. The first-order valence-corrected chi connectivity index (χ1v) is 6.04. The van der Waals surface area contributed by atoms with E-state index in [0.29, 0.717) is 12.4 Å². The van der Waals surface area contributed by atoms with Crippen molar-refractivity contribution in [2.24, 2.45) is 0 Å². The van der Waals surface area contributed by atoms with Crippen molar-refractivity contribution in [2.45, 2.75) is 51.6 Å². The fraction of sp³-hybridized carbons (Fsp3) is 0.667. The Morgan fingerprint density at radius 2 is 2.25 bits per heavy atom. The normalized spacial score (nSPS) is 17.9. The maximum Gasteiger partial charge on any atom is 0.293 e. The molecule has 1 N–H and O–H groups in total. The fourth-order valence-corrected chi connectivity index (χ4v) is 2.20. The molecule has 0 atom stereocenters. The summed E-state index contributed by atoms with van der Waals surface area (Å²) in [7, 11) is 0. The minimum Gasteiger partial charge on any atom is -0.360 e. The summed E-state index contributed by atoms with van der Waals surface area (Å²) in [6.45, 7) is 4.81. The number of hydrogen-bond acceptors (Lipinski definition) is 3. The van der Waals surface area contributed by atoms with Crippen LogP contribution in [0.2, 0.25) is 0 Å². The third-order valence-electron chi connectivity index (χ3n) is 3.63. The van der Waals surface area contributed by atoms with Gasteiger partial charge in [-0.05, 0) is 32.6 Å². The molecule has 88 valence electrons. The standard InChI is InChI=1S/C12H19N3O/c1-3-12(6-5-7-12)14-10-11(16)15(4-2)9-8-13-10/h8-9H,3-7H2,1-2H3,(H,13,14). The molecule has 0 saturated heterocycles. The second kappa shape index (κ2) is 4.28. The number of aromatic nitrogens is 2. The van der Waals surface area contributed by atoms with Crippen LogP contribution in [0.25, 0.3) is 0 Å². The molecule has 4 heteroatoms. The molecule has 0 aliphatic heterocycles. The predicted octanol–water partition coefficient (Wildman–Crippen LogP) is 2.01. The van der Waals surface area contributed by atoms with Gasteiger partial charge in [-0.1, -0.05) is 6.92 Å². The van der Waals surface area contributed by atoms with E-state index in [9.17, 15) is 4.79 Å². The summed E-state index contributed by atoms with van der Waals surface area (Å²) in [5.74, 6) is 0.505. The number of nitrogens with zero attached hydrogens (tertiary/aromatic N) is 2. The molecule has 1 aliphatic rings. The van der Waals surface area contributed by atoms with Gasteiger partial charge in [0, 0.05) is 24.5 Å². The van der Waals surface area contributed by atoms with Crippen molar-refractivity contribution in [2.75, 3.05) is 5.32 Å². The summed E-state index contributed by atoms with van der Waals surface area (Å²) in [6, 6.07) is 0. The van der Waals surface area contributed by atoms with Gasteiger partial charge in [0.1, 0.15) is 0 Å². The van der Waals surface area contributed by atoms with Gasteiger partial charge in [0.2, 0.25) is 0 Å². The van der Waals surface area contributed by atoms with Crippen LogP contribution in [0.3, 0.4) is 0 Å².